The van der Waals surface area contributed by atoms with E-state index in [1.54, 1.807) is 0 Å². The number of rotatable bonds is 8. The van der Waals surface area contributed by atoms with E-state index in [0.29, 0.717) is 31.9 Å². The van der Waals surface area contributed by atoms with Gasteiger partial charge in [-0.1, -0.05) is 25.1 Å². The van der Waals surface area contributed by atoms with E-state index in [1.807, 2.05) is 34.1 Å². The summed E-state index contributed by atoms with van der Waals surface area (Å²) in [5.74, 6) is -1.13. The van der Waals surface area contributed by atoms with Crippen molar-refractivity contribution in [3.8, 4) is 5.75 Å². The van der Waals surface area contributed by atoms with Gasteiger partial charge in [0.2, 0.25) is 0 Å². The van der Waals surface area contributed by atoms with E-state index in [9.17, 15) is 8.78 Å². The molecule has 0 radical (unpaired) electrons. The molecule has 5 rings (SSSR count). The highest BCUT2D eigenvalue weighted by atomic mass is 19.1. The Morgan fingerprint density at radius 3 is 2.46 bits per heavy atom. The van der Waals surface area contributed by atoms with Gasteiger partial charge in [-0.3, -0.25) is 14.2 Å². The number of hydrogen-bond acceptors (Lipinski definition) is 3. The van der Waals surface area contributed by atoms with Gasteiger partial charge in [0.05, 0.1) is 12.7 Å². The highest BCUT2D eigenvalue weighted by Gasteiger charge is 2.38. The van der Waals surface area contributed by atoms with Gasteiger partial charge < -0.3 is 9.72 Å². The molecule has 0 amide bonds. The molecule has 0 unspecified atom stereocenters. The average Bonchev–Trinajstić information content (AvgIpc) is 3.13. The number of nitrogens with one attached hydrogen (secondary N) is 1. The molecule has 2 aliphatic rings. The highest BCUT2D eigenvalue weighted by molar-refractivity contribution is 5.85. The zero-order chi connectivity index (χ0) is 26.3. The lowest BCUT2D eigenvalue weighted by Gasteiger charge is -2.37. The third-order valence-electron chi connectivity index (χ3n) is 7.59. The number of H-pyrrole nitrogens is 1. The van der Waals surface area contributed by atoms with Crippen molar-refractivity contribution >= 4 is 10.9 Å². The summed E-state index contributed by atoms with van der Waals surface area (Å²) in [7, 11) is 0. The number of alkyl halides is 2. The molecule has 200 valence electrons. The minimum absolute atomic E-state index is 0.0338. The Bertz CT molecular complexity index is 1220. The van der Waals surface area contributed by atoms with Crippen molar-refractivity contribution in [3.05, 3.63) is 64.9 Å². The monoisotopic (exact) mass is 517 g/mol. The van der Waals surface area contributed by atoms with Gasteiger partial charge >= 0.3 is 0 Å². The van der Waals surface area contributed by atoms with Crippen molar-refractivity contribution in [2.45, 2.75) is 44.8 Å². The SMILES string of the molecule is C[C@H]1CCN(CC(C)(C)F)[C@@H](c2c(F)cc(OCCN3CC(CF)C3)cc2F)c2[nH]c3ccccc3c21. The van der Waals surface area contributed by atoms with Crippen LogP contribution in [0.4, 0.5) is 17.6 Å². The number of benzene rings is 2. The number of aromatic amines is 1. The van der Waals surface area contributed by atoms with Crippen LogP contribution in [0.3, 0.4) is 0 Å². The number of aromatic nitrogens is 1. The molecule has 2 atom stereocenters. The van der Waals surface area contributed by atoms with Crippen LogP contribution >= 0.6 is 0 Å². The van der Waals surface area contributed by atoms with E-state index in [-0.39, 0.29) is 43.0 Å². The molecule has 8 heteroatoms. The van der Waals surface area contributed by atoms with Crippen molar-refractivity contribution in [2.24, 2.45) is 5.92 Å². The van der Waals surface area contributed by atoms with Crippen molar-refractivity contribution in [2.75, 3.05) is 46.0 Å². The summed E-state index contributed by atoms with van der Waals surface area (Å²) in [6.07, 6.45) is 0.742. The Morgan fingerprint density at radius 2 is 1.78 bits per heavy atom. The van der Waals surface area contributed by atoms with Crippen LogP contribution in [0.5, 0.6) is 5.75 Å². The molecular formula is C29H35F4N3O. The molecule has 3 heterocycles. The second-order valence-electron chi connectivity index (χ2n) is 11.2. The van der Waals surface area contributed by atoms with Crippen LogP contribution in [-0.4, -0.2) is 66.5 Å². The Kier molecular flexibility index (Phi) is 7.24. The van der Waals surface area contributed by atoms with Crippen LogP contribution < -0.4 is 4.74 Å². The van der Waals surface area contributed by atoms with Gasteiger partial charge in [0.15, 0.2) is 0 Å². The Balaban J connectivity index is 1.49. The molecule has 0 saturated carbocycles. The first-order valence-electron chi connectivity index (χ1n) is 13.1. The van der Waals surface area contributed by atoms with Gasteiger partial charge in [0, 0.05) is 66.4 Å². The third-order valence-corrected chi connectivity index (χ3v) is 7.59. The van der Waals surface area contributed by atoms with Crippen LogP contribution in [0.1, 0.15) is 56.0 Å². The minimum atomic E-state index is -1.55. The maximum atomic E-state index is 15.7. The van der Waals surface area contributed by atoms with Gasteiger partial charge in [-0.05, 0) is 44.4 Å². The van der Waals surface area contributed by atoms with Crippen LogP contribution in [0.15, 0.2) is 36.4 Å². The second kappa shape index (κ2) is 10.3. The molecule has 2 aliphatic heterocycles. The smallest absolute Gasteiger partial charge is 0.135 e. The van der Waals surface area contributed by atoms with Crippen LogP contribution in [-0.2, 0) is 0 Å². The zero-order valence-electron chi connectivity index (χ0n) is 21.7. The topological polar surface area (TPSA) is 31.5 Å². The molecule has 3 aromatic rings. The fourth-order valence-corrected chi connectivity index (χ4v) is 5.88. The average molecular weight is 518 g/mol. The van der Waals surface area contributed by atoms with Crippen molar-refractivity contribution in [3.63, 3.8) is 0 Å². The van der Waals surface area contributed by atoms with Crippen LogP contribution in [0.2, 0.25) is 0 Å². The number of fused-ring (bicyclic) bond motifs is 3. The summed E-state index contributed by atoms with van der Waals surface area (Å²) in [5, 5.41) is 1.03. The number of likely N-dealkylation sites (tertiary alicyclic amines) is 1. The van der Waals surface area contributed by atoms with E-state index in [4.69, 9.17) is 4.74 Å². The van der Waals surface area contributed by atoms with Crippen LogP contribution in [0, 0.1) is 17.6 Å². The summed E-state index contributed by atoms with van der Waals surface area (Å²) >= 11 is 0. The normalized spacial score (nSPS) is 21.6. The Morgan fingerprint density at radius 1 is 1.08 bits per heavy atom. The number of hydrogen-bond donors (Lipinski definition) is 1. The lowest BCUT2D eigenvalue weighted by molar-refractivity contribution is 0.0667. The molecule has 2 aromatic carbocycles. The maximum Gasteiger partial charge on any atom is 0.135 e. The van der Waals surface area contributed by atoms with E-state index in [0.717, 1.165) is 22.9 Å². The number of ether oxygens (including phenoxy) is 1. The Labute approximate surface area is 215 Å². The fourth-order valence-electron chi connectivity index (χ4n) is 5.88. The number of para-hydroxylation sites is 1. The fraction of sp³-hybridized carbons (Fsp3) is 0.517. The van der Waals surface area contributed by atoms with E-state index in [1.165, 1.54) is 26.0 Å². The summed E-state index contributed by atoms with van der Waals surface area (Å²) in [4.78, 5) is 7.33. The lowest BCUT2D eigenvalue weighted by Crippen LogP contribution is -2.49. The third kappa shape index (κ3) is 5.36. The molecule has 4 nitrogen and oxygen atoms in total. The van der Waals surface area contributed by atoms with E-state index >= 15 is 8.78 Å². The summed E-state index contributed by atoms with van der Waals surface area (Å²) in [6.45, 7) is 7.47. The second-order valence-corrected chi connectivity index (χ2v) is 11.2. The first-order chi connectivity index (χ1) is 17.6. The van der Waals surface area contributed by atoms with Gasteiger partial charge in [0.25, 0.3) is 0 Å². The number of halogens is 4. The summed E-state index contributed by atoms with van der Waals surface area (Å²) in [5.41, 5.74) is 0.980. The quantitative estimate of drug-likeness (QED) is 0.352. The van der Waals surface area contributed by atoms with Crippen molar-refractivity contribution in [1.82, 2.24) is 14.8 Å². The van der Waals surface area contributed by atoms with E-state index < -0.39 is 23.3 Å². The van der Waals surface area contributed by atoms with Crippen molar-refractivity contribution in [1.29, 1.82) is 0 Å². The molecule has 0 spiro atoms. The standard InChI is InChI=1S/C29H35F4N3O/c1-18-8-9-36(17-29(2,3)33)28(27-25(18)21-6-4-5-7-24(21)34-27)26-22(31)12-20(13-23(26)32)37-11-10-35-15-19(14-30)16-35/h4-7,12-13,18-19,28,34H,8-11,14-17H2,1-3H3/t18-,28-/m0/s1. The van der Waals surface area contributed by atoms with Gasteiger partial charge in [-0.2, -0.15) is 0 Å². The lowest BCUT2D eigenvalue weighted by atomic mass is 9.92. The molecule has 1 N–H and O–H groups in total. The number of nitrogens with zero attached hydrogens (tertiary/aromatic N) is 2. The molecular weight excluding hydrogens is 482 g/mol. The maximum absolute atomic E-state index is 15.7. The predicted molar refractivity (Wildman–Crippen MR) is 138 cm³/mol. The van der Waals surface area contributed by atoms with Crippen LogP contribution in [0.25, 0.3) is 10.9 Å². The predicted octanol–water partition coefficient (Wildman–Crippen LogP) is 6.37. The molecule has 1 aromatic heterocycles. The first-order valence-corrected chi connectivity index (χ1v) is 13.1. The molecule has 37 heavy (non-hydrogen) atoms. The minimum Gasteiger partial charge on any atom is -0.492 e. The van der Waals surface area contributed by atoms with Crippen molar-refractivity contribution < 1.29 is 22.3 Å². The summed E-state index contributed by atoms with van der Waals surface area (Å²) in [6, 6.07) is 9.47. The van der Waals surface area contributed by atoms with Gasteiger partial charge in [-0.15, -0.1) is 0 Å². The molecule has 1 fully saturated rings. The Hall–Kier alpha value is -2.58. The first kappa shape index (κ1) is 26.0. The molecule has 0 aliphatic carbocycles. The van der Waals surface area contributed by atoms with Gasteiger partial charge in [0.1, 0.15) is 29.7 Å². The molecule has 1 saturated heterocycles. The van der Waals surface area contributed by atoms with E-state index in [2.05, 4.69) is 11.9 Å². The molecule has 0 bridgehead atoms. The van der Waals surface area contributed by atoms with Gasteiger partial charge in [-0.25, -0.2) is 13.2 Å². The largest absolute Gasteiger partial charge is 0.492 e. The summed E-state index contributed by atoms with van der Waals surface area (Å²) < 4.78 is 64.7. The zero-order valence-corrected chi connectivity index (χ0v) is 21.7. The highest BCUT2D eigenvalue weighted by Crippen LogP contribution is 2.44.